The largest absolute Gasteiger partial charge is 0.236 e. The van der Waals surface area contributed by atoms with E-state index in [0.717, 1.165) is 16.2 Å². The Bertz CT molecular complexity index is 651. The van der Waals surface area contributed by atoms with Crippen LogP contribution in [0.2, 0.25) is 0 Å². The van der Waals surface area contributed by atoms with Crippen molar-refractivity contribution in [3.05, 3.63) is 24.0 Å². The number of rotatable bonds is 5. The Balaban J connectivity index is 2.01. The third-order valence-electron chi connectivity index (χ3n) is 2.34. The molecule has 2 rings (SSSR count). The molecular formula is C10H14N4O2S2. The Morgan fingerprint density at radius 2 is 2.28 bits per heavy atom. The molecule has 0 atom stereocenters. The van der Waals surface area contributed by atoms with Gasteiger partial charge in [0.1, 0.15) is 5.03 Å². The number of aryl methyl sites for hydroxylation is 1. The Morgan fingerprint density at radius 1 is 1.50 bits per heavy atom. The van der Waals surface area contributed by atoms with Crippen LogP contribution in [0.5, 0.6) is 0 Å². The van der Waals surface area contributed by atoms with Crippen LogP contribution in [-0.2, 0) is 10.0 Å². The van der Waals surface area contributed by atoms with Gasteiger partial charge < -0.3 is 0 Å². The highest BCUT2D eigenvalue weighted by atomic mass is 32.2. The van der Waals surface area contributed by atoms with Gasteiger partial charge in [-0.3, -0.25) is 0 Å². The van der Waals surface area contributed by atoms with Crippen molar-refractivity contribution >= 4 is 27.4 Å². The van der Waals surface area contributed by atoms with Crippen LogP contribution in [0.3, 0.4) is 0 Å². The number of fused-ring (bicyclic) bond motifs is 1. The molecule has 0 radical (unpaired) electrons. The highest BCUT2D eigenvalue weighted by molar-refractivity contribution is 7.99. The van der Waals surface area contributed by atoms with Crippen molar-refractivity contribution in [1.82, 2.24) is 14.6 Å². The van der Waals surface area contributed by atoms with E-state index in [1.54, 1.807) is 16.9 Å². The molecule has 0 aliphatic rings. The van der Waals surface area contributed by atoms with Crippen LogP contribution in [0.1, 0.15) is 12.0 Å². The normalized spacial score (nSPS) is 12.1. The molecule has 0 bridgehead atoms. The van der Waals surface area contributed by atoms with Crippen molar-refractivity contribution in [2.24, 2.45) is 5.14 Å². The summed E-state index contributed by atoms with van der Waals surface area (Å²) < 4.78 is 23.3. The number of imidazole rings is 1. The Hall–Kier alpha value is -1.12. The molecule has 0 amide bonds. The molecule has 2 aromatic heterocycles. The van der Waals surface area contributed by atoms with Crippen molar-refractivity contribution in [3.63, 3.8) is 0 Å². The monoisotopic (exact) mass is 286 g/mol. The summed E-state index contributed by atoms with van der Waals surface area (Å²) in [7, 11) is -3.36. The maximum absolute atomic E-state index is 10.8. The van der Waals surface area contributed by atoms with E-state index in [9.17, 15) is 8.42 Å². The van der Waals surface area contributed by atoms with Crippen molar-refractivity contribution in [1.29, 1.82) is 0 Å². The van der Waals surface area contributed by atoms with Crippen molar-refractivity contribution in [3.8, 4) is 0 Å². The van der Waals surface area contributed by atoms with Crippen LogP contribution < -0.4 is 5.14 Å². The van der Waals surface area contributed by atoms with E-state index in [1.807, 2.05) is 13.0 Å². The van der Waals surface area contributed by atoms with Gasteiger partial charge in [-0.1, -0.05) is 0 Å². The first-order valence-electron chi connectivity index (χ1n) is 5.40. The Labute approximate surface area is 110 Å². The molecule has 18 heavy (non-hydrogen) atoms. The number of sulfonamides is 1. The topological polar surface area (TPSA) is 90.3 Å². The number of hydrogen-bond acceptors (Lipinski definition) is 5. The van der Waals surface area contributed by atoms with E-state index in [1.165, 1.54) is 11.8 Å². The summed E-state index contributed by atoms with van der Waals surface area (Å²) in [6.45, 7) is 1.96. The summed E-state index contributed by atoms with van der Waals surface area (Å²) >= 11 is 1.53. The molecule has 0 aromatic carbocycles. The second-order valence-electron chi connectivity index (χ2n) is 3.93. The van der Waals surface area contributed by atoms with E-state index < -0.39 is 10.0 Å². The smallest absolute Gasteiger partial charge is 0.209 e. The highest BCUT2D eigenvalue weighted by Gasteiger charge is 2.06. The van der Waals surface area contributed by atoms with Gasteiger partial charge in [0.2, 0.25) is 10.0 Å². The lowest BCUT2D eigenvalue weighted by Crippen LogP contribution is -2.16. The maximum Gasteiger partial charge on any atom is 0.209 e. The standard InChI is InChI=1S/C10H14N4O2S2/c1-8-7-9-12-3-4-14(9)13-10(8)17-5-2-6-18(11,15)16/h3-4,7H,2,5-6H2,1H3,(H2,11,15,16). The summed E-state index contributed by atoms with van der Waals surface area (Å²) in [5, 5.41) is 10.2. The molecule has 0 fully saturated rings. The second kappa shape index (κ2) is 5.25. The molecule has 0 saturated carbocycles. The average molecular weight is 286 g/mol. The number of primary sulfonamides is 1. The first kappa shape index (κ1) is 13.3. The van der Waals surface area contributed by atoms with Gasteiger partial charge in [-0.2, -0.15) is 5.10 Å². The van der Waals surface area contributed by atoms with Crippen LogP contribution in [-0.4, -0.2) is 34.5 Å². The van der Waals surface area contributed by atoms with Gasteiger partial charge in [0, 0.05) is 18.1 Å². The van der Waals surface area contributed by atoms with Crippen LogP contribution in [0, 0.1) is 6.92 Å². The Morgan fingerprint density at radius 3 is 3.00 bits per heavy atom. The molecule has 2 aromatic rings. The fourth-order valence-corrected chi connectivity index (χ4v) is 3.14. The number of nitrogens with two attached hydrogens (primary N) is 1. The van der Waals surface area contributed by atoms with Gasteiger partial charge in [-0.05, 0) is 25.0 Å². The molecule has 8 heteroatoms. The van der Waals surface area contributed by atoms with Crippen LogP contribution in [0.15, 0.2) is 23.5 Å². The molecule has 98 valence electrons. The number of aromatic nitrogens is 3. The minimum atomic E-state index is -3.36. The first-order chi connectivity index (χ1) is 8.46. The minimum Gasteiger partial charge on any atom is -0.236 e. The zero-order valence-electron chi connectivity index (χ0n) is 9.91. The fraction of sp³-hybridized carbons (Fsp3) is 0.400. The average Bonchev–Trinajstić information content (AvgIpc) is 2.70. The zero-order chi connectivity index (χ0) is 13.2. The zero-order valence-corrected chi connectivity index (χ0v) is 11.5. The number of nitrogens with zero attached hydrogens (tertiary/aromatic N) is 3. The first-order valence-corrected chi connectivity index (χ1v) is 8.10. The van der Waals surface area contributed by atoms with Gasteiger partial charge in [0.25, 0.3) is 0 Å². The van der Waals surface area contributed by atoms with E-state index in [4.69, 9.17) is 5.14 Å². The SMILES string of the molecule is Cc1cc2nccn2nc1SCCCS(N)(=O)=O. The van der Waals surface area contributed by atoms with Gasteiger partial charge in [-0.15, -0.1) is 11.8 Å². The third kappa shape index (κ3) is 3.44. The molecule has 0 spiro atoms. The predicted molar refractivity (Wildman–Crippen MR) is 71.0 cm³/mol. The second-order valence-corrected chi connectivity index (χ2v) is 6.75. The molecule has 0 unspecified atom stereocenters. The molecule has 0 aliphatic carbocycles. The quantitative estimate of drug-likeness (QED) is 0.649. The molecule has 2 N–H and O–H groups in total. The minimum absolute atomic E-state index is 0.00632. The van der Waals surface area contributed by atoms with Crippen LogP contribution in [0.25, 0.3) is 5.65 Å². The molecular weight excluding hydrogens is 272 g/mol. The molecule has 0 saturated heterocycles. The summed E-state index contributed by atoms with van der Waals surface area (Å²) in [6, 6.07) is 1.95. The number of hydrogen-bond donors (Lipinski definition) is 1. The maximum atomic E-state index is 10.8. The molecule has 6 nitrogen and oxygen atoms in total. The van der Waals surface area contributed by atoms with Gasteiger partial charge in [0.05, 0.1) is 5.75 Å². The van der Waals surface area contributed by atoms with Gasteiger partial charge in [-0.25, -0.2) is 23.1 Å². The van der Waals surface area contributed by atoms with E-state index in [0.29, 0.717) is 12.2 Å². The highest BCUT2D eigenvalue weighted by Crippen LogP contribution is 2.21. The summed E-state index contributed by atoms with van der Waals surface area (Å²) in [5.41, 5.74) is 1.84. The number of thioether (sulfide) groups is 1. The predicted octanol–water partition coefficient (Wildman–Crippen LogP) is 0.808. The van der Waals surface area contributed by atoms with Crippen LogP contribution >= 0.6 is 11.8 Å². The fourth-order valence-electron chi connectivity index (χ4n) is 1.50. The molecule has 0 aliphatic heterocycles. The summed E-state index contributed by atoms with van der Waals surface area (Å²) in [4.78, 5) is 4.14. The summed E-state index contributed by atoms with van der Waals surface area (Å²) in [6.07, 6.45) is 3.99. The van der Waals surface area contributed by atoms with Crippen molar-refractivity contribution in [2.45, 2.75) is 18.4 Å². The van der Waals surface area contributed by atoms with Gasteiger partial charge in [0.15, 0.2) is 5.65 Å². The summed E-state index contributed by atoms with van der Waals surface area (Å²) in [5.74, 6) is 0.677. The third-order valence-corrected chi connectivity index (χ3v) is 4.37. The Kier molecular flexibility index (Phi) is 3.88. The van der Waals surface area contributed by atoms with Gasteiger partial charge >= 0.3 is 0 Å². The van der Waals surface area contributed by atoms with Crippen molar-refractivity contribution < 1.29 is 8.42 Å². The molecule has 2 heterocycles. The lowest BCUT2D eigenvalue weighted by Gasteiger charge is -2.05. The van der Waals surface area contributed by atoms with Crippen LogP contribution in [0.4, 0.5) is 0 Å². The van der Waals surface area contributed by atoms with E-state index >= 15 is 0 Å². The lowest BCUT2D eigenvalue weighted by molar-refractivity contribution is 0.596. The van der Waals surface area contributed by atoms with E-state index in [2.05, 4.69) is 10.1 Å². The van der Waals surface area contributed by atoms with E-state index in [-0.39, 0.29) is 5.75 Å². The lowest BCUT2D eigenvalue weighted by atomic mass is 10.3. The van der Waals surface area contributed by atoms with Crippen molar-refractivity contribution in [2.75, 3.05) is 11.5 Å².